The molecule has 0 aliphatic rings. The molecule has 0 aromatic heterocycles. The minimum Gasteiger partial charge on any atom is -0.478 e. The fourth-order valence-electron chi connectivity index (χ4n) is 1.25. The quantitative estimate of drug-likeness (QED) is 0.817. The molecule has 0 saturated carbocycles. The second-order valence-corrected chi connectivity index (χ2v) is 4.48. The first-order valence-corrected chi connectivity index (χ1v) is 5.70. The summed E-state index contributed by atoms with van der Waals surface area (Å²) in [5, 5.41) is 11.8. The van der Waals surface area contributed by atoms with Crippen LogP contribution < -0.4 is 5.32 Å². The van der Waals surface area contributed by atoms with Gasteiger partial charge in [-0.1, -0.05) is 34.6 Å². The smallest absolute Gasteiger partial charge is 0.332 e. The highest BCUT2D eigenvalue weighted by molar-refractivity contribution is 9.10. The van der Waals surface area contributed by atoms with Gasteiger partial charge in [-0.2, -0.15) is 0 Å². The molecule has 2 N–H and O–H groups in total. The molecule has 0 radical (unpaired) electrons. The maximum atomic E-state index is 10.6. The van der Waals surface area contributed by atoms with Crippen LogP contribution in [0.5, 0.6) is 0 Å². The fraction of sp³-hybridized carbons (Fsp3) is 0.250. The van der Waals surface area contributed by atoms with Crippen molar-refractivity contribution in [2.24, 2.45) is 0 Å². The van der Waals surface area contributed by atoms with Crippen molar-refractivity contribution in [1.82, 2.24) is 5.32 Å². The van der Waals surface area contributed by atoms with Gasteiger partial charge in [-0.15, -0.1) is 0 Å². The molecule has 3 nitrogen and oxygen atoms in total. The van der Waals surface area contributed by atoms with Crippen molar-refractivity contribution in [2.45, 2.75) is 13.0 Å². The normalized spacial score (nSPS) is 12.1. The molecule has 0 spiro atoms. The van der Waals surface area contributed by atoms with Crippen LogP contribution in [0.4, 0.5) is 0 Å². The van der Waals surface area contributed by atoms with Crippen LogP contribution in [0.3, 0.4) is 0 Å². The van der Waals surface area contributed by atoms with Crippen LogP contribution in [0.25, 0.3) is 0 Å². The van der Waals surface area contributed by atoms with Gasteiger partial charge in [0.2, 0.25) is 0 Å². The molecule has 1 rings (SSSR count). The molecular weight excluding hydrogens is 270 g/mol. The Hall–Kier alpha value is -1.13. The lowest BCUT2D eigenvalue weighted by molar-refractivity contribution is -0.132. The third kappa shape index (κ3) is 3.79. The highest BCUT2D eigenvalue weighted by Crippen LogP contribution is 2.17. The van der Waals surface area contributed by atoms with E-state index in [9.17, 15) is 4.79 Å². The molecule has 0 unspecified atom stereocenters. The third-order valence-corrected chi connectivity index (χ3v) is 2.77. The zero-order valence-electron chi connectivity index (χ0n) is 9.03. The Kier molecular flexibility index (Phi) is 4.71. The highest BCUT2D eigenvalue weighted by Gasteiger charge is 2.08. The average Bonchev–Trinajstić information content (AvgIpc) is 2.25. The summed E-state index contributed by atoms with van der Waals surface area (Å²) in [6.07, 6.45) is 0. The first-order chi connectivity index (χ1) is 7.50. The van der Waals surface area contributed by atoms with Gasteiger partial charge in [0, 0.05) is 22.6 Å². The molecule has 0 amide bonds. The number of carboxylic acid groups (broad SMARTS) is 1. The second-order valence-electron chi connectivity index (χ2n) is 3.57. The Bertz CT molecular complexity index is 404. The number of rotatable bonds is 5. The molecule has 1 aromatic carbocycles. The van der Waals surface area contributed by atoms with Crippen molar-refractivity contribution in [3.63, 3.8) is 0 Å². The van der Waals surface area contributed by atoms with E-state index in [0.29, 0.717) is 0 Å². The molecular formula is C12H14BrNO2. The maximum absolute atomic E-state index is 10.6. The first-order valence-electron chi connectivity index (χ1n) is 4.90. The highest BCUT2D eigenvalue weighted by atomic mass is 79.9. The van der Waals surface area contributed by atoms with E-state index in [1.807, 2.05) is 31.2 Å². The molecule has 0 aliphatic carbocycles. The Morgan fingerprint density at radius 2 is 2.31 bits per heavy atom. The molecule has 0 fully saturated rings. The van der Waals surface area contributed by atoms with Gasteiger partial charge in [0.05, 0.1) is 0 Å². The van der Waals surface area contributed by atoms with E-state index in [1.54, 1.807) is 0 Å². The molecule has 16 heavy (non-hydrogen) atoms. The molecule has 1 aromatic rings. The molecule has 0 saturated heterocycles. The number of hydrogen-bond acceptors (Lipinski definition) is 2. The summed E-state index contributed by atoms with van der Waals surface area (Å²) in [4.78, 5) is 10.6. The lowest BCUT2D eigenvalue weighted by atomic mass is 10.1. The van der Waals surface area contributed by atoms with Gasteiger partial charge < -0.3 is 10.4 Å². The molecule has 0 aliphatic heterocycles. The van der Waals surface area contributed by atoms with Crippen molar-refractivity contribution in [1.29, 1.82) is 0 Å². The number of nitrogens with one attached hydrogen (secondary N) is 1. The van der Waals surface area contributed by atoms with Crippen molar-refractivity contribution >= 4 is 21.9 Å². The lowest BCUT2D eigenvalue weighted by Gasteiger charge is -2.14. The molecule has 1 atom stereocenters. The van der Waals surface area contributed by atoms with E-state index >= 15 is 0 Å². The van der Waals surface area contributed by atoms with E-state index < -0.39 is 5.97 Å². The topological polar surface area (TPSA) is 49.3 Å². The second kappa shape index (κ2) is 5.82. The van der Waals surface area contributed by atoms with Gasteiger partial charge in [-0.3, -0.25) is 0 Å². The number of carbonyl (C=O) groups is 1. The van der Waals surface area contributed by atoms with Gasteiger partial charge in [0.1, 0.15) is 0 Å². The summed E-state index contributed by atoms with van der Waals surface area (Å²) < 4.78 is 1.01. The fourth-order valence-corrected chi connectivity index (χ4v) is 1.66. The Balaban J connectivity index is 2.56. The number of aliphatic carboxylic acids is 1. The van der Waals surface area contributed by atoms with Gasteiger partial charge in [-0.25, -0.2) is 4.79 Å². The Morgan fingerprint density at radius 1 is 1.62 bits per heavy atom. The molecule has 86 valence electrons. The van der Waals surface area contributed by atoms with Crippen LogP contribution in [0.2, 0.25) is 0 Å². The van der Waals surface area contributed by atoms with Crippen LogP contribution in [0.15, 0.2) is 40.9 Å². The zero-order chi connectivity index (χ0) is 12.1. The van der Waals surface area contributed by atoms with Crippen molar-refractivity contribution in [3.05, 3.63) is 46.5 Å². The Labute approximate surface area is 103 Å². The summed E-state index contributed by atoms with van der Waals surface area (Å²) in [5.74, 6) is -0.964. The van der Waals surface area contributed by atoms with Crippen molar-refractivity contribution < 1.29 is 9.90 Å². The summed E-state index contributed by atoms with van der Waals surface area (Å²) in [6.45, 7) is 5.73. The third-order valence-electron chi connectivity index (χ3n) is 2.27. The van der Waals surface area contributed by atoms with E-state index in [2.05, 4.69) is 27.8 Å². The van der Waals surface area contributed by atoms with Gasteiger partial charge in [0.15, 0.2) is 0 Å². The predicted octanol–water partition coefficient (Wildman–Crippen LogP) is 2.74. The minimum absolute atomic E-state index is 0.0913. The number of hydrogen-bond donors (Lipinski definition) is 2. The predicted molar refractivity (Wildman–Crippen MR) is 67.3 cm³/mol. The Morgan fingerprint density at radius 3 is 2.88 bits per heavy atom. The maximum Gasteiger partial charge on any atom is 0.332 e. The van der Waals surface area contributed by atoms with Gasteiger partial charge >= 0.3 is 5.97 Å². The monoisotopic (exact) mass is 283 g/mol. The largest absolute Gasteiger partial charge is 0.478 e. The van der Waals surface area contributed by atoms with Gasteiger partial charge in [-0.05, 0) is 24.6 Å². The number of benzene rings is 1. The van der Waals surface area contributed by atoms with Crippen LogP contribution >= 0.6 is 15.9 Å². The van der Waals surface area contributed by atoms with Gasteiger partial charge in [0.25, 0.3) is 0 Å². The SMILES string of the molecule is C=C(CN[C@H](C)c1cccc(Br)c1)C(=O)O. The molecule has 4 heteroatoms. The molecule has 0 bridgehead atoms. The number of halogens is 1. The summed E-state index contributed by atoms with van der Waals surface area (Å²) in [7, 11) is 0. The van der Waals surface area contributed by atoms with Crippen LogP contribution in [0.1, 0.15) is 18.5 Å². The molecule has 0 heterocycles. The summed E-state index contributed by atoms with van der Waals surface area (Å²) in [5.41, 5.74) is 1.27. The summed E-state index contributed by atoms with van der Waals surface area (Å²) >= 11 is 3.39. The lowest BCUT2D eigenvalue weighted by Crippen LogP contribution is -2.23. The first kappa shape index (κ1) is 12.9. The van der Waals surface area contributed by atoms with Crippen molar-refractivity contribution in [2.75, 3.05) is 6.54 Å². The van der Waals surface area contributed by atoms with Crippen LogP contribution in [0, 0.1) is 0 Å². The van der Waals surface area contributed by atoms with Crippen LogP contribution in [-0.2, 0) is 4.79 Å². The van der Waals surface area contributed by atoms with E-state index in [0.717, 1.165) is 10.0 Å². The summed E-state index contributed by atoms with van der Waals surface area (Å²) in [6, 6.07) is 7.98. The van der Waals surface area contributed by atoms with E-state index in [-0.39, 0.29) is 18.2 Å². The standard InChI is InChI=1S/C12H14BrNO2/c1-8(12(15)16)7-14-9(2)10-4-3-5-11(13)6-10/h3-6,9,14H,1,7H2,2H3,(H,15,16)/t9-/m1/s1. The number of carboxylic acids is 1. The van der Waals surface area contributed by atoms with Crippen LogP contribution in [-0.4, -0.2) is 17.6 Å². The van der Waals surface area contributed by atoms with E-state index in [1.165, 1.54) is 0 Å². The van der Waals surface area contributed by atoms with Crippen molar-refractivity contribution in [3.8, 4) is 0 Å². The van der Waals surface area contributed by atoms with E-state index in [4.69, 9.17) is 5.11 Å². The minimum atomic E-state index is -0.964. The zero-order valence-corrected chi connectivity index (χ0v) is 10.6. The average molecular weight is 284 g/mol.